The molecule has 0 aliphatic carbocycles. The summed E-state index contributed by atoms with van der Waals surface area (Å²) in [5.74, 6) is 0.194. The van der Waals surface area contributed by atoms with Crippen LogP contribution in [0.1, 0.15) is 12.0 Å². The van der Waals surface area contributed by atoms with Crippen molar-refractivity contribution in [3.8, 4) is 5.75 Å². The van der Waals surface area contributed by atoms with Crippen molar-refractivity contribution in [3.05, 3.63) is 42.5 Å². The monoisotopic (exact) mass is 177 g/mol. The van der Waals surface area contributed by atoms with Crippen molar-refractivity contribution in [3.63, 3.8) is 0 Å². The number of rotatable bonds is 3. The Morgan fingerprint density at radius 2 is 2.00 bits per heavy atom. The summed E-state index contributed by atoms with van der Waals surface area (Å²) in [6.07, 6.45) is 2.16. The van der Waals surface area contributed by atoms with Gasteiger partial charge in [-0.05, 0) is 29.8 Å². The summed E-state index contributed by atoms with van der Waals surface area (Å²) in [4.78, 5) is 0. The van der Waals surface area contributed by atoms with Crippen LogP contribution in [0.2, 0.25) is 0 Å². The first-order chi connectivity index (χ1) is 6.27. The molecule has 3 heteroatoms. The Kier molecular flexibility index (Phi) is 3.09. The molecule has 0 saturated heterocycles. The topological polar surface area (TPSA) is 52.8 Å². The molecule has 0 aliphatic heterocycles. The minimum Gasteiger partial charge on any atom is -0.508 e. The van der Waals surface area contributed by atoms with E-state index in [1.165, 1.54) is 0 Å². The molecular weight excluding hydrogens is 166 g/mol. The van der Waals surface area contributed by atoms with Gasteiger partial charge in [0.1, 0.15) is 5.75 Å². The van der Waals surface area contributed by atoms with Gasteiger partial charge >= 0.3 is 0 Å². The van der Waals surface area contributed by atoms with E-state index in [-0.39, 0.29) is 5.75 Å². The Morgan fingerprint density at radius 3 is 2.46 bits per heavy atom. The van der Waals surface area contributed by atoms with Gasteiger partial charge in [-0.3, -0.25) is 0 Å². The number of benzene rings is 1. The van der Waals surface area contributed by atoms with Crippen LogP contribution in [-0.4, -0.2) is 16.0 Å². The van der Waals surface area contributed by atoms with Gasteiger partial charge in [-0.25, -0.2) is 0 Å². The highest BCUT2D eigenvalue weighted by molar-refractivity contribution is 6.01. The summed E-state index contributed by atoms with van der Waals surface area (Å²) in [6, 6.07) is 6.47. The van der Waals surface area contributed by atoms with Crippen molar-refractivity contribution in [2.45, 2.75) is 6.42 Å². The van der Waals surface area contributed by atoms with Crippen molar-refractivity contribution in [2.24, 2.45) is 5.16 Å². The molecule has 0 saturated carbocycles. The molecule has 0 unspecified atom stereocenters. The quantitative estimate of drug-likeness (QED) is 0.321. The molecule has 0 radical (unpaired) electrons. The molecule has 2 N–H and O–H groups in total. The van der Waals surface area contributed by atoms with Crippen molar-refractivity contribution in [1.29, 1.82) is 0 Å². The van der Waals surface area contributed by atoms with Gasteiger partial charge in [0.15, 0.2) is 0 Å². The van der Waals surface area contributed by atoms with Crippen LogP contribution in [0.3, 0.4) is 0 Å². The van der Waals surface area contributed by atoms with E-state index >= 15 is 0 Å². The Labute approximate surface area is 76.6 Å². The summed E-state index contributed by atoms with van der Waals surface area (Å²) < 4.78 is 0. The predicted octanol–water partition coefficient (Wildman–Crippen LogP) is 2.15. The lowest BCUT2D eigenvalue weighted by Crippen LogP contribution is -1.98. The average Bonchev–Trinajstić information content (AvgIpc) is 2.16. The van der Waals surface area contributed by atoms with Crippen LogP contribution < -0.4 is 0 Å². The van der Waals surface area contributed by atoms with Crippen molar-refractivity contribution in [1.82, 2.24) is 0 Å². The highest BCUT2D eigenvalue weighted by Gasteiger charge is 2.01. The average molecular weight is 177 g/mol. The van der Waals surface area contributed by atoms with E-state index in [2.05, 4.69) is 11.7 Å². The van der Waals surface area contributed by atoms with E-state index in [4.69, 9.17) is 10.3 Å². The number of phenols is 1. The van der Waals surface area contributed by atoms with E-state index < -0.39 is 0 Å². The molecule has 0 bridgehead atoms. The van der Waals surface area contributed by atoms with Crippen LogP contribution in [0.4, 0.5) is 0 Å². The largest absolute Gasteiger partial charge is 0.508 e. The maximum Gasteiger partial charge on any atom is 0.115 e. The second-order valence-electron chi connectivity index (χ2n) is 2.59. The molecule has 0 heterocycles. The molecule has 1 aromatic rings. The number of allylic oxidation sites excluding steroid dienone is 1. The third-order valence-electron chi connectivity index (χ3n) is 1.66. The van der Waals surface area contributed by atoms with Crippen LogP contribution in [-0.2, 0) is 0 Å². The van der Waals surface area contributed by atoms with Gasteiger partial charge in [0.05, 0.1) is 5.71 Å². The van der Waals surface area contributed by atoms with Crippen LogP contribution in [0.15, 0.2) is 42.1 Å². The second kappa shape index (κ2) is 4.30. The molecule has 0 amide bonds. The molecule has 1 rings (SSSR count). The lowest BCUT2D eigenvalue weighted by Gasteiger charge is -2.00. The Morgan fingerprint density at radius 1 is 1.38 bits per heavy atom. The molecule has 3 nitrogen and oxygen atoms in total. The first-order valence-corrected chi connectivity index (χ1v) is 3.89. The second-order valence-corrected chi connectivity index (χ2v) is 2.59. The predicted molar refractivity (Wildman–Crippen MR) is 51.2 cm³/mol. The molecule has 13 heavy (non-hydrogen) atoms. The maximum absolute atomic E-state index is 9.02. The van der Waals surface area contributed by atoms with E-state index in [1.54, 1.807) is 30.3 Å². The van der Waals surface area contributed by atoms with E-state index in [1.807, 2.05) is 0 Å². The number of hydrogen-bond donors (Lipinski definition) is 2. The zero-order chi connectivity index (χ0) is 9.68. The highest BCUT2D eigenvalue weighted by Crippen LogP contribution is 2.11. The maximum atomic E-state index is 9.02. The molecule has 68 valence electrons. The Balaban J connectivity index is 2.92. The minimum atomic E-state index is 0.194. The third kappa shape index (κ3) is 2.33. The molecule has 1 aromatic carbocycles. The van der Waals surface area contributed by atoms with E-state index in [0.717, 1.165) is 5.56 Å². The molecule has 0 aromatic heterocycles. The summed E-state index contributed by atoms with van der Waals surface area (Å²) in [6.45, 7) is 3.55. The van der Waals surface area contributed by atoms with Crippen LogP contribution in [0.25, 0.3) is 0 Å². The molecule has 0 atom stereocenters. The third-order valence-corrected chi connectivity index (χ3v) is 1.66. The summed E-state index contributed by atoms with van der Waals surface area (Å²) in [5.41, 5.74) is 1.32. The normalized spacial score (nSPS) is 11.2. The van der Waals surface area contributed by atoms with Gasteiger partial charge in [-0.1, -0.05) is 11.2 Å². The number of aromatic hydroxyl groups is 1. The summed E-state index contributed by atoms with van der Waals surface area (Å²) in [5, 5.41) is 20.8. The van der Waals surface area contributed by atoms with Crippen molar-refractivity contribution >= 4 is 5.71 Å². The van der Waals surface area contributed by atoms with Gasteiger partial charge in [-0.2, -0.15) is 0 Å². The highest BCUT2D eigenvalue weighted by atomic mass is 16.4. The number of nitrogens with zero attached hydrogens (tertiary/aromatic N) is 1. The summed E-state index contributed by atoms with van der Waals surface area (Å²) in [7, 11) is 0. The first-order valence-electron chi connectivity index (χ1n) is 3.89. The SMILES string of the molecule is C=CCC(=NO)c1ccc(O)cc1. The minimum absolute atomic E-state index is 0.194. The van der Waals surface area contributed by atoms with Crippen LogP contribution in [0, 0.1) is 0 Å². The van der Waals surface area contributed by atoms with Crippen LogP contribution >= 0.6 is 0 Å². The van der Waals surface area contributed by atoms with E-state index in [9.17, 15) is 0 Å². The summed E-state index contributed by atoms with van der Waals surface area (Å²) >= 11 is 0. The van der Waals surface area contributed by atoms with Gasteiger partial charge in [0.2, 0.25) is 0 Å². The number of hydrogen-bond acceptors (Lipinski definition) is 3. The standard InChI is InChI=1S/C10H11NO2/c1-2-3-10(11-13)8-4-6-9(12)7-5-8/h2,4-7,12-13H,1,3H2. The van der Waals surface area contributed by atoms with Gasteiger partial charge < -0.3 is 10.3 Å². The number of oxime groups is 1. The zero-order valence-electron chi connectivity index (χ0n) is 7.14. The fourth-order valence-electron chi connectivity index (χ4n) is 1.01. The van der Waals surface area contributed by atoms with Gasteiger partial charge in [0, 0.05) is 6.42 Å². The Bertz CT molecular complexity index is 314. The lowest BCUT2D eigenvalue weighted by molar-refractivity contribution is 0.318. The lowest BCUT2D eigenvalue weighted by atomic mass is 10.1. The van der Waals surface area contributed by atoms with Crippen molar-refractivity contribution < 1.29 is 10.3 Å². The smallest absolute Gasteiger partial charge is 0.115 e. The Hall–Kier alpha value is -1.77. The first kappa shape index (κ1) is 9.32. The van der Waals surface area contributed by atoms with Crippen LogP contribution in [0.5, 0.6) is 5.75 Å². The van der Waals surface area contributed by atoms with Gasteiger partial charge in [-0.15, -0.1) is 6.58 Å². The van der Waals surface area contributed by atoms with Gasteiger partial charge in [0.25, 0.3) is 0 Å². The molecule has 0 fully saturated rings. The molecule has 0 spiro atoms. The fourth-order valence-corrected chi connectivity index (χ4v) is 1.01. The molecular formula is C10H11NO2. The molecule has 0 aliphatic rings. The fraction of sp³-hybridized carbons (Fsp3) is 0.100. The number of phenolic OH excluding ortho intramolecular Hbond substituents is 1. The van der Waals surface area contributed by atoms with Crippen molar-refractivity contribution in [2.75, 3.05) is 0 Å². The zero-order valence-corrected chi connectivity index (χ0v) is 7.14. The van der Waals surface area contributed by atoms with E-state index in [0.29, 0.717) is 12.1 Å².